The van der Waals surface area contributed by atoms with Gasteiger partial charge in [-0.15, -0.1) is 11.3 Å². The van der Waals surface area contributed by atoms with E-state index >= 15 is 0 Å². The van der Waals surface area contributed by atoms with Gasteiger partial charge in [-0.3, -0.25) is 0 Å². The Kier molecular flexibility index (Phi) is 4.12. The quantitative estimate of drug-likeness (QED) is 0.883. The molecular weight excluding hydrogens is 232 g/mol. The first-order valence-electron chi connectivity index (χ1n) is 5.52. The molecule has 1 N–H and O–H groups in total. The van der Waals surface area contributed by atoms with Crippen LogP contribution < -0.4 is 10.1 Å². The van der Waals surface area contributed by atoms with Gasteiger partial charge in [0.15, 0.2) is 0 Å². The van der Waals surface area contributed by atoms with E-state index in [0.717, 1.165) is 29.5 Å². The number of thiazole rings is 1. The van der Waals surface area contributed by atoms with Crippen LogP contribution in [0.5, 0.6) is 5.75 Å². The van der Waals surface area contributed by atoms with Gasteiger partial charge in [0.05, 0.1) is 7.11 Å². The number of hydrogen-bond donors (Lipinski definition) is 1. The molecule has 0 aliphatic carbocycles. The van der Waals surface area contributed by atoms with Gasteiger partial charge in [0, 0.05) is 24.2 Å². The van der Waals surface area contributed by atoms with E-state index in [1.165, 1.54) is 5.56 Å². The summed E-state index contributed by atoms with van der Waals surface area (Å²) in [7, 11) is 1.68. The Labute approximate surface area is 105 Å². The number of methoxy groups -OCH3 is 1. The molecule has 0 bridgehead atoms. The molecular formula is C13H16N2OS. The molecule has 90 valence electrons. The third-order valence-electron chi connectivity index (χ3n) is 2.43. The van der Waals surface area contributed by atoms with Crippen LogP contribution in [0.4, 0.5) is 0 Å². The van der Waals surface area contributed by atoms with Crippen LogP contribution in [0.25, 0.3) is 0 Å². The predicted octanol–water partition coefficient (Wildman–Crippen LogP) is 2.75. The minimum absolute atomic E-state index is 0.824. The van der Waals surface area contributed by atoms with Crippen molar-refractivity contribution in [1.29, 1.82) is 0 Å². The molecule has 0 spiro atoms. The number of nitrogens with one attached hydrogen (secondary N) is 1. The van der Waals surface area contributed by atoms with Crippen LogP contribution in [0.1, 0.15) is 16.3 Å². The molecule has 1 aromatic carbocycles. The third kappa shape index (κ3) is 3.54. The first-order valence-corrected chi connectivity index (χ1v) is 6.40. The minimum atomic E-state index is 0.824. The molecule has 2 rings (SSSR count). The first kappa shape index (κ1) is 12.1. The highest BCUT2D eigenvalue weighted by Crippen LogP contribution is 2.12. The SMILES string of the molecule is COc1ccc(CNCc2nc(C)cs2)cc1. The normalized spacial score (nSPS) is 10.5. The summed E-state index contributed by atoms with van der Waals surface area (Å²) >= 11 is 1.70. The lowest BCUT2D eigenvalue weighted by Crippen LogP contribution is -2.12. The van der Waals surface area contributed by atoms with Gasteiger partial charge in [0.25, 0.3) is 0 Å². The van der Waals surface area contributed by atoms with E-state index in [9.17, 15) is 0 Å². The zero-order chi connectivity index (χ0) is 12.1. The molecule has 3 nitrogen and oxygen atoms in total. The number of aromatic nitrogens is 1. The summed E-state index contributed by atoms with van der Waals surface area (Å²) in [6, 6.07) is 8.09. The summed E-state index contributed by atoms with van der Waals surface area (Å²) in [4.78, 5) is 4.41. The Balaban J connectivity index is 1.81. The lowest BCUT2D eigenvalue weighted by molar-refractivity contribution is 0.414. The fourth-order valence-electron chi connectivity index (χ4n) is 1.54. The largest absolute Gasteiger partial charge is 0.497 e. The van der Waals surface area contributed by atoms with Crippen LogP contribution in [0.2, 0.25) is 0 Å². The smallest absolute Gasteiger partial charge is 0.118 e. The molecule has 1 heterocycles. The number of hydrogen-bond acceptors (Lipinski definition) is 4. The number of ether oxygens (including phenoxy) is 1. The van der Waals surface area contributed by atoms with Gasteiger partial charge in [-0.1, -0.05) is 12.1 Å². The second kappa shape index (κ2) is 5.80. The summed E-state index contributed by atoms with van der Waals surface area (Å²) in [5, 5.41) is 6.58. The standard InChI is InChI=1S/C13H16N2OS/c1-10-9-17-13(15-10)8-14-7-11-3-5-12(16-2)6-4-11/h3-6,9,14H,7-8H2,1-2H3. The highest BCUT2D eigenvalue weighted by atomic mass is 32.1. The lowest BCUT2D eigenvalue weighted by Gasteiger charge is -2.04. The maximum absolute atomic E-state index is 5.12. The van der Waals surface area contributed by atoms with Crippen molar-refractivity contribution in [2.75, 3.05) is 7.11 Å². The number of benzene rings is 1. The van der Waals surface area contributed by atoms with E-state index in [-0.39, 0.29) is 0 Å². The van der Waals surface area contributed by atoms with Crippen molar-refractivity contribution < 1.29 is 4.74 Å². The molecule has 0 atom stereocenters. The van der Waals surface area contributed by atoms with Crippen LogP contribution in [-0.4, -0.2) is 12.1 Å². The van der Waals surface area contributed by atoms with E-state index in [1.54, 1.807) is 18.4 Å². The average molecular weight is 248 g/mol. The molecule has 0 unspecified atom stereocenters. The van der Waals surface area contributed by atoms with E-state index in [2.05, 4.69) is 27.8 Å². The Bertz CT molecular complexity index is 465. The van der Waals surface area contributed by atoms with Gasteiger partial charge in [0.1, 0.15) is 10.8 Å². The fraction of sp³-hybridized carbons (Fsp3) is 0.308. The van der Waals surface area contributed by atoms with Crippen LogP contribution in [0.3, 0.4) is 0 Å². The molecule has 4 heteroatoms. The molecule has 1 aromatic heterocycles. The highest BCUT2D eigenvalue weighted by Gasteiger charge is 1.98. The maximum atomic E-state index is 5.12. The number of rotatable bonds is 5. The lowest BCUT2D eigenvalue weighted by atomic mass is 10.2. The predicted molar refractivity (Wildman–Crippen MR) is 70.4 cm³/mol. The van der Waals surface area contributed by atoms with Crippen molar-refractivity contribution in [2.45, 2.75) is 20.0 Å². The Morgan fingerprint density at radius 2 is 2.00 bits per heavy atom. The van der Waals surface area contributed by atoms with E-state index in [0.29, 0.717) is 0 Å². The van der Waals surface area contributed by atoms with Gasteiger partial charge in [-0.05, 0) is 24.6 Å². The van der Waals surface area contributed by atoms with Crippen molar-refractivity contribution >= 4 is 11.3 Å². The molecule has 0 amide bonds. The van der Waals surface area contributed by atoms with Gasteiger partial charge < -0.3 is 10.1 Å². The summed E-state index contributed by atoms with van der Waals surface area (Å²) in [6.07, 6.45) is 0. The van der Waals surface area contributed by atoms with Gasteiger partial charge >= 0.3 is 0 Å². The molecule has 0 radical (unpaired) electrons. The van der Waals surface area contributed by atoms with Crippen molar-refractivity contribution in [3.63, 3.8) is 0 Å². The Hall–Kier alpha value is -1.39. The molecule has 0 saturated heterocycles. The molecule has 0 aliphatic rings. The van der Waals surface area contributed by atoms with Crippen molar-refractivity contribution in [3.05, 3.63) is 45.9 Å². The monoisotopic (exact) mass is 248 g/mol. The molecule has 0 saturated carbocycles. The second-order valence-corrected chi connectivity index (χ2v) is 4.78. The number of aryl methyl sites for hydroxylation is 1. The van der Waals surface area contributed by atoms with E-state index in [1.807, 2.05) is 19.1 Å². The zero-order valence-corrected chi connectivity index (χ0v) is 10.9. The summed E-state index contributed by atoms with van der Waals surface area (Å²) < 4.78 is 5.12. The first-order chi connectivity index (χ1) is 8.28. The van der Waals surface area contributed by atoms with E-state index in [4.69, 9.17) is 4.74 Å². The van der Waals surface area contributed by atoms with Crippen LogP contribution >= 0.6 is 11.3 Å². The fourth-order valence-corrected chi connectivity index (χ4v) is 2.28. The molecule has 0 aliphatic heterocycles. The van der Waals surface area contributed by atoms with Gasteiger partial charge in [-0.25, -0.2) is 4.98 Å². The molecule has 17 heavy (non-hydrogen) atoms. The van der Waals surface area contributed by atoms with Gasteiger partial charge in [0.2, 0.25) is 0 Å². The van der Waals surface area contributed by atoms with Crippen LogP contribution in [0.15, 0.2) is 29.6 Å². The highest BCUT2D eigenvalue weighted by molar-refractivity contribution is 7.09. The second-order valence-electron chi connectivity index (χ2n) is 3.83. The molecule has 0 fully saturated rings. The van der Waals surface area contributed by atoms with Crippen LogP contribution in [-0.2, 0) is 13.1 Å². The zero-order valence-electron chi connectivity index (χ0n) is 10.1. The summed E-state index contributed by atoms with van der Waals surface area (Å²) in [5.41, 5.74) is 2.34. The third-order valence-corrected chi connectivity index (χ3v) is 3.40. The van der Waals surface area contributed by atoms with Crippen molar-refractivity contribution in [1.82, 2.24) is 10.3 Å². The summed E-state index contributed by atoms with van der Waals surface area (Å²) in [5.74, 6) is 0.893. The summed E-state index contributed by atoms with van der Waals surface area (Å²) in [6.45, 7) is 3.69. The van der Waals surface area contributed by atoms with Crippen molar-refractivity contribution in [3.8, 4) is 5.75 Å². The Morgan fingerprint density at radius 1 is 1.24 bits per heavy atom. The van der Waals surface area contributed by atoms with Crippen molar-refractivity contribution in [2.24, 2.45) is 0 Å². The number of nitrogens with zero attached hydrogens (tertiary/aromatic N) is 1. The molecule has 2 aromatic rings. The average Bonchev–Trinajstić information content (AvgIpc) is 2.76. The van der Waals surface area contributed by atoms with Crippen LogP contribution in [0, 0.1) is 6.92 Å². The Morgan fingerprint density at radius 3 is 2.59 bits per heavy atom. The maximum Gasteiger partial charge on any atom is 0.118 e. The minimum Gasteiger partial charge on any atom is -0.497 e. The topological polar surface area (TPSA) is 34.1 Å². The van der Waals surface area contributed by atoms with E-state index < -0.39 is 0 Å². The van der Waals surface area contributed by atoms with Gasteiger partial charge in [-0.2, -0.15) is 0 Å².